The summed E-state index contributed by atoms with van der Waals surface area (Å²) in [6.07, 6.45) is 3.11. The molecule has 0 aliphatic carbocycles. The Morgan fingerprint density at radius 2 is 2.36 bits per heavy atom. The van der Waals surface area contributed by atoms with Gasteiger partial charge in [0.2, 0.25) is 0 Å². The van der Waals surface area contributed by atoms with Crippen molar-refractivity contribution in [3.8, 4) is 0 Å². The van der Waals surface area contributed by atoms with Crippen molar-refractivity contribution in [1.82, 2.24) is 4.57 Å². The molecule has 0 saturated carbocycles. The van der Waals surface area contributed by atoms with Crippen molar-refractivity contribution >= 4 is 0 Å². The zero-order valence-corrected chi connectivity index (χ0v) is 7.12. The molecule has 1 aromatic heterocycles. The molecule has 0 amide bonds. The molecular weight excluding hydrogens is 138 g/mol. The zero-order valence-electron chi connectivity index (χ0n) is 7.12. The number of aliphatic hydroxyl groups is 1. The second kappa shape index (κ2) is 3.58. The van der Waals surface area contributed by atoms with E-state index in [1.165, 1.54) is 0 Å². The highest BCUT2D eigenvalue weighted by molar-refractivity contribution is 5.06. The van der Waals surface area contributed by atoms with Crippen LogP contribution in [0.15, 0.2) is 18.3 Å². The molecule has 0 unspecified atom stereocenters. The Bertz CT molecular complexity index is 217. The van der Waals surface area contributed by atoms with Gasteiger partial charge >= 0.3 is 0 Å². The second-order valence-electron chi connectivity index (χ2n) is 2.82. The number of hydrogen-bond donors (Lipinski definition) is 1. The lowest BCUT2D eigenvalue weighted by molar-refractivity contribution is 0.266. The molecule has 0 saturated heterocycles. The van der Waals surface area contributed by atoms with Crippen LogP contribution in [-0.4, -0.2) is 9.67 Å². The molecule has 2 nitrogen and oxygen atoms in total. The van der Waals surface area contributed by atoms with Gasteiger partial charge in [-0.15, -0.1) is 0 Å². The summed E-state index contributed by atoms with van der Waals surface area (Å²) in [5, 5.41) is 8.93. The molecule has 0 fully saturated rings. The van der Waals surface area contributed by atoms with Gasteiger partial charge in [-0.25, -0.2) is 0 Å². The lowest BCUT2D eigenvalue weighted by atomic mass is 10.2. The fourth-order valence-corrected chi connectivity index (χ4v) is 1.19. The maximum absolute atomic E-state index is 8.93. The predicted octanol–water partition coefficient (Wildman–Crippen LogP) is 1.95. The van der Waals surface area contributed by atoms with Crippen molar-refractivity contribution in [2.45, 2.75) is 32.9 Å². The van der Waals surface area contributed by atoms with Crippen LogP contribution in [0.5, 0.6) is 0 Å². The van der Waals surface area contributed by atoms with Crippen LogP contribution in [0.2, 0.25) is 0 Å². The molecule has 1 aromatic rings. The molecular formula is C9H15NO. The summed E-state index contributed by atoms with van der Waals surface area (Å²) >= 11 is 0. The summed E-state index contributed by atoms with van der Waals surface area (Å²) in [5.41, 5.74) is 0.999. The molecule has 1 N–H and O–H groups in total. The molecule has 62 valence electrons. The van der Waals surface area contributed by atoms with Gasteiger partial charge in [-0.3, -0.25) is 0 Å². The number of aliphatic hydroxyl groups excluding tert-OH is 1. The van der Waals surface area contributed by atoms with Crippen LogP contribution in [0, 0.1) is 0 Å². The van der Waals surface area contributed by atoms with Crippen molar-refractivity contribution in [3.05, 3.63) is 24.0 Å². The van der Waals surface area contributed by atoms with Gasteiger partial charge in [0.1, 0.15) is 0 Å². The quantitative estimate of drug-likeness (QED) is 0.705. The van der Waals surface area contributed by atoms with Crippen LogP contribution in [0.4, 0.5) is 0 Å². The number of aromatic nitrogens is 1. The second-order valence-corrected chi connectivity index (χ2v) is 2.82. The fraction of sp³-hybridized carbons (Fsp3) is 0.556. The van der Waals surface area contributed by atoms with E-state index in [-0.39, 0.29) is 6.61 Å². The standard InChI is InChI=1S/C9H15NO/c1-3-8(2)10-6-4-5-9(10)7-11/h4-6,8,11H,3,7H2,1-2H3/t8-/m1/s1. The van der Waals surface area contributed by atoms with E-state index < -0.39 is 0 Å². The van der Waals surface area contributed by atoms with Crippen LogP contribution < -0.4 is 0 Å². The zero-order chi connectivity index (χ0) is 8.27. The Morgan fingerprint density at radius 3 is 2.91 bits per heavy atom. The van der Waals surface area contributed by atoms with Gasteiger partial charge in [0.05, 0.1) is 6.61 Å². The Kier molecular flexibility index (Phi) is 2.71. The molecule has 1 atom stereocenters. The Labute approximate surface area is 67.5 Å². The minimum absolute atomic E-state index is 0.136. The molecule has 0 spiro atoms. The minimum atomic E-state index is 0.136. The van der Waals surface area contributed by atoms with E-state index >= 15 is 0 Å². The molecule has 0 aliphatic rings. The Balaban J connectivity index is 2.83. The van der Waals surface area contributed by atoms with Gasteiger partial charge < -0.3 is 9.67 Å². The maximum Gasteiger partial charge on any atom is 0.0832 e. The highest BCUT2D eigenvalue weighted by Gasteiger charge is 2.04. The third-order valence-electron chi connectivity index (χ3n) is 2.09. The first-order valence-electron chi connectivity index (χ1n) is 4.06. The van der Waals surface area contributed by atoms with E-state index in [1.807, 2.05) is 18.3 Å². The topological polar surface area (TPSA) is 25.2 Å². The van der Waals surface area contributed by atoms with Gasteiger partial charge in [0.15, 0.2) is 0 Å². The lowest BCUT2D eigenvalue weighted by Gasteiger charge is -2.13. The number of nitrogens with zero attached hydrogens (tertiary/aromatic N) is 1. The largest absolute Gasteiger partial charge is 0.390 e. The van der Waals surface area contributed by atoms with Gasteiger partial charge in [0, 0.05) is 17.9 Å². The first-order chi connectivity index (χ1) is 5.29. The summed E-state index contributed by atoms with van der Waals surface area (Å²) in [6, 6.07) is 4.41. The SMILES string of the molecule is CC[C@@H](C)n1cccc1CO. The average Bonchev–Trinajstić information content (AvgIpc) is 2.50. The molecule has 0 bridgehead atoms. The number of rotatable bonds is 3. The van der Waals surface area contributed by atoms with Crippen molar-refractivity contribution in [3.63, 3.8) is 0 Å². The average molecular weight is 153 g/mol. The first-order valence-corrected chi connectivity index (χ1v) is 4.06. The van der Waals surface area contributed by atoms with Gasteiger partial charge in [-0.1, -0.05) is 6.92 Å². The van der Waals surface area contributed by atoms with Gasteiger partial charge in [0.25, 0.3) is 0 Å². The Morgan fingerprint density at radius 1 is 1.64 bits per heavy atom. The Hall–Kier alpha value is -0.760. The van der Waals surface area contributed by atoms with Crippen molar-refractivity contribution in [2.24, 2.45) is 0 Å². The summed E-state index contributed by atoms with van der Waals surface area (Å²) in [5.74, 6) is 0. The van der Waals surface area contributed by atoms with Crippen LogP contribution in [0.3, 0.4) is 0 Å². The van der Waals surface area contributed by atoms with E-state index in [0.717, 1.165) is 12.1 Å². The molecule has 1 rings (SSSR count). The summed E-state index contributed by atoms with van der Waals surface area (Å²) < 4.78 is 2.11. The van der Waals surface area contributed by atoms with Crippen molar-refractivity contribution in [2.75, 3.05) is 0 Å². The third-order valence-corrected chi connectivity index (χ3v) is 2.09. The van der Waals surface area contributed by atoms with E-state index in [2.05, 4.69) is 18.4 Å². The van der Waals surface area contributed by atoms with Crippen molar-refractivity contribution in [1.29, 1.82) is 0 Å². The van der Waals surface area contributed by atoms with E-state index in [9.17, 15) is 0 Å². The van der Waals surface area contributed by atoms with Crippen LogP contribution in [0.25, 0.3) is 0 Å². The minimum Gasteiger partial charge on any atom is -0.390 e. The fourth-order valence-electron chi connectivity index (χ4n) is 1.19. The maximum atomic E-state index is 8.93. The monoisotopic (exact) mass is 153 g/mol. The summed E-state index contributed by atoms with van der Waals surface area (Å²) in [7, 11) is 0. The highest BCUT2D eigenvalue weighted by Crippen LogP contribution is 2.13. The summed E-state index contributed by atoms with van der Waals surface area (Å²) in [4.78, 5) is 0. The number of hydrogen-bond acceptors (Lipinski definition) is 1. The van der Waals surface area contributed by atoms with Crippen LogP contribution in [0.1, 0.15) is 32.0 Å². The van der Waals surface area contributed by atoms with E-state index in [4.69, 9.17) is 5.11 Å². The van der Waals surface area contributed by atoms with E-state index in [0.29, 0.717) is 6.04 Å². The molecule has 0 aliphatic heterocycles. The predicted molar refractivity (Wildman–Crippen MR) is 45.4 cm³/mol. The molecule has 2 heteroatoms. The lowest BCUT2D eigenvalue weighted by Crippen LogP contribution is -2.06. The smallest absolute Gasteiger partial charge is 0.0832 e. The van der Waals surface area contributed by atoms with Crippen LogP contribution >= 0.6 is 0 Å². The molecule has 1 heterocycles. The van der Waals surface area contributed by atoms with E-state index in [1.54, 1.807) is 0 Å². The third kappa shape index (κ3) is 1.63. The normalized spacial score (nSPS) is 13.4. The summed E-state index contributed by atoms with van der Waals surface area (Å²) in [6.45, 7) is 4.43. The molecule has 0 aromatic carbocycles. The van der Waals surface area contributed by atoms with Gasteiger partial charge in [-0.2, -0.15) is 0 Å². The van der Waals surface area contributed by atoms with Crippen molar-refractivity contribution < 1.29 is 5.11 Å². The first kappa shape index (κ1) is 8.34. The van der Waals surface area contributed by atoms with Crippen LogP contribution in [-0.2, 0) is 6.61 Å². The molecule has 11 heavy (non-hydrogen) atoms. The van der Waals surface area contributed by atoms with Gasteiger partial charge in [-0.05, 0) is 25.5 Å². The molecule has 0 radical (unpaired) electrons. The highest BCUT2D eigenvalue weighted by atomic mass is 16.3.